The Balaban J connectivity index is 2.76. The summed E-state index contributed by atoms with van der Waals surface area (Å²) >= 11 is 1.50. The van der Waals surface area contributed by atoms with E-state index in [0.29, 0.717) is 11.7 Å². The standard InChI is InChI=1S/C14H25N3O2S2/c1-9(2)7-12-13(20-11(4)15-12)16-14(18)17(5)10(3)8-21(6)19/h9-10H,7-8H2,1-6H3,(H,16,18). The van der Waals surface area contributed by atoms with E-state index < -0.39 is 10.8 Å². The van der Waals surface area contributed by atoms with E-state index in [4.69, 9.17) is 0 Å². The summed E-state index contributed by atoms with van der Waals surface area (Å²) in [6, 6.07) is -0.250. The second-order valence-electron chi connectivity index (χ2n) is 5.74. The van der Waals surface area contributed by atoms with E-state index in [0.717, 1.165) is 22.1 Å². The summed E-state index contributed by atoms with van der Waals surface area (Å²) in [7, 11) is 0.806. The predicted octanol–water partition coefficient (Wildman–Crippen LogP) is 2.88. The number of hydrogen-bond acceptors (Lipinski definition) is 4. The number of nitrogens with one attached hydrogen (secondary N) is 1. The lowest BCUT2D eigenvalue weighted by atomic mass is 10.1. The smallest absolute Gasteiger partial charge is 0.322 e. The highest BCUT2D eigenvalue weighted by molar-refractivity contribution is 7.84. The Kier molecular flexibility index (Phi) is 6.80. The molecule has 2 unspecified atom stereocenters. The van der Waals surface area contributed by atoms with Crippen molar-refractivity contribution in [2.45, 2.75) is 40.2 Å². The van der Waals surface area contributed by atoms with Crippen molar-refractivity contribution in [3.8, 4) is 0 Å². The first kappa shape index (κ1) is 18.1. The van der Waals surface area contributed by atoms with E-state index in [1.807, 2.05) is 13.8 Å². The molecule has 1 aromatic rings. The molecular weight excluding hydrogens is 306 g/mol. The molecule has 2 amide bonds. The Bertz CT molecular complexity index is 514. The SMILES string of the molecule is Cc1nc(CC(C)C)c(NC(=O)N(C)C(C)CS(C)=O)s1. The van der Waals surface area contributed by atoms with Crippen molar-refractivity contribution in [2.24, 2.45) is 5.92 Å². The Labute approximate surface area is 133 Å². The molecule has 0 aliphatic carbocycles. The van der Waals surface area contributed by atoms with E-state index in [9.17, 15) is 9.00 Å². The Morgan fingerprint density at radius 3 is 2.57 bits per heavy atom. The highest BCUT2D eigenvalue weighted by Crippen LogP contribution is 2.26. The molecule has 0 aliphatic heterocycles. The molecule has 0 saturated carbocycles. The Hall–Kier alpha value is -0.950. The minimum atomic E-state index is -0.919. The van der Waals surface area contributed by atoms with Gasteiger partial charge >= 0.3 is 6.03 Å². The quantitative estimate of drug-likeness (QED) is 0.872. The lowest BCUT2D eigenvalue weighted by molar-refractivity contribution is 0.212. The topological polar surface area (TPSA) is 62.3 Å². The average molecular weight is 332 g/mol. The van der Waals surface area contributed by atoms with Crippen molar-refractivity contribution < 1.29 is 9.00 Å². The van der Waals surface area contributed by atoms with E-state index in [-0.39, 0.29) is 12.1 Å². The minimum Gasteiger partial charge on any atom is -0.324 e. The van der Waals surface area contributed by atoms with E-state index in [2.05, 4.69) is 24.1 Å². The summed E-state index contributed by atoms with van der Waals surface area (Å²) in [4.78, 5) is 18.4. The number of carbonyl (C=O) groups is 1. The number of thiazole rings is 1. The van der Waals surface area contributed by atoms with E-state index in [1.165, 1.54) is 11.3 Å². The summed E-state index contributed by atoms with van der Waals surface area (Å²) in [6.45, 7) is 8.10. The van der Waals surface area contributed by atoms with Gasteiger partial charge in [-0.05, 0) is 26.2 Å². The van der Waals surface area contributed by atoms with Crippen LogP contribution >= 0.6 is 11.3 Å². The number of aromatic nitrogens is 1. The highest BCUT2D eigenvalue weighted by Gasteiger charge is 2.19. The molecule has 2 atom stereocenters. The van der Waals surface area contributed by atoms with Crippen LogP contribution in [-0.2, 0) is 17.2 Å². The number of urea groups is 1. The van der Waals surface area contributed by atoms with Crippen molar-refractivity contribution in [1.29, 1.82) is 0 Å². The maximum absolute atomic E-state index is 12.3. The van der Waals surface area contributed by atoms with Crippen LogP contribution in [0.25, 0.3) is 0 Å². The van der Waals surface area contributed by atoms with Crippen LogP contribution in [0.4, 0.5) is 9.80 Å². The van der Waals surface area contributed by atoms with E-state index in [1.54, 1.807) is 18.2 Å². The van der Waals surface area contributed by atoms with Gasteiger partial charge in [0.25, 0.3) is 0 Å². The van der Waals surface area contributed by atoms with Gasteiger partial charge in [0.1, 0.15) is 5.00 Å². The molecule has 5 nitrogen and oxygen atoms in total. The molecule has 0 aliphatic rings. The molecular formula is C14H25N3O2S2. The van der Waals surface area contributed by atoms with Gasteiger partial charge in [0.05, 0.1) is 10.7 Å². The van der Waals surface area contributed by atoms with Gasteiger partial charge in [-0.25, -0.2) is 9.78 Å². The molecule has 1 heterocycles. The van der Waals surface area contributed by atoms with Crippen LogP contribution in [0, 0.1) is 12.8 Å². The molecule has 1 aromatic heterocycles. The van der Waals surface area contributed by atoms with Crippen LogP contribution in [0.2, 0.25) is 0 Å². The lowest BCUT2D eigenvalue weighted by Gasteiger charge is -2.24. The maximum atomic E-state index is 12.3. The van der Waals surface area contributed by atoms with Crippen LogP contribution in [0.3, 0.4) is 0 Å². The van der Waals surface area contributed by atoms with Crippen LogP contribution in [0.5, 0.6) is 0 Å². The average Bonchev–Trinajstić information content (AvgIpc) is 2.66. The third-order valence-electron chi connectivity index (χ3n) is 3.08. The fraction of sp³-hybridized carbons (Fsp3) is 0.714. The monoisotopic (exact) mass is 331 g/mol. The number of rotatable bonds is 6. The largest absolute Gasteiger partial charge is 0.324 e. The Morgan fingerprint density at radius 2 is 2.05 bits per heavy atom. The molecule has 0 spiro atoms. The van der Waals surface area contributed by atoms with E-state index >= 15 is 0 Å². The molecule has 0 saturated heterocycles. The highest BCUT2D eigenvalue weighted by atomic mass is 32.2. The Morgan fingerprint density at radius 1 is 1.43 bits per heavy atom. The van der Waals surface area contributed by atoms with Crippen molar-refractivity contribution >= 4 is 33.2 Å². The number of carbonyl (C=O) groups excluding carboxylic acids is 1. The number of anilines is 1. The third kappa shape index (κ3) is 5.74. The van der Waals surface area contributed by atoms with Gasteiger partial charge in [0.2, 0.25) is 0 Å². The van der Waals surface area contributed by atoms with Crippen LogP contribution in [-0.4, -0.2) is 45.2 Å². The second-order valence-corrected chi connectivity index (χ2v) is 8.42. The molecule has 0 radical (unpaired) electrons. The van der Waals surface area contributed by atoms with Crippen molar-refractivity contribution in [1.82, 2.24) is 9.88 Å². The zero-order valence-corrected chi connectivity index (χ0v) is 15.2. The first-order valence-electron chi connectivity index (χ1n) is 7.00. The normalized spacial score (nSPS) is 14.0. The van der Waals surface area contributed by atoms with Crippen molar-refractivity contribution in [2.75, 3.05) is 24.4 Å². The molecule has 21 heavy (non-hydrogen) atoms. The fourth-order valence-corrected chi connectivity index (χ4v) is 3.67. The summed E-state index contributed by atoms with van der Waals surface area (Å²) < 4.78 is 11.3. The summed E-state index contributed by atoms with van der Waals surface area (Å²) in [6.07, 6.45) is 2.49. The second kappa shape index (κ2) is 7.89. The molecule has 0 aromatic carbocycles. The van der Waals surface area contributed by atoms with Gasteiger partial charge in [0, 0.05) is 35.9 Å². The first-order valence-corrected chi connectivity index (χ1v) is 9.55. The van der Waals surface area contributed by atoms with Crippen molar-refractivity contribution in [3.63, 3.8) is 0 Å². The van der Waals surface area contributed by atoms with Crippen LogP contribution < -0.4 is 5.32 Å². The zero-order valence-electron chi connectivity index (χ0n) is 13.6. The summed E-state index contributed by atoms with van der Waals surface area (Å²) in [5.74, 6) is 0.964. The molecule has 1 N–H and O–H groups in total. The summed E-state index contributed by atoms with van der Waals surface area (Å²) in [5.41, 5.74) is 0.945. The predicted molar refractivity (Wildman–Crippen MR) is 90.6 cm³/mol. The number of nitrogens with zero attached hydrogens (tertiary/aromatic N) is 2. The van der Waals surface area contributed by atoms with Gasteiger partial charge in [0.15, 0.2) is 0 Å². The van der Waals surface area contributed by atoms with Gasteiger partial charge in [-0.1, -0.05) is 13.8 Å². The molecule has 120 valence electrons. The lowest BCUT2D eigenvalue weighted by Crippen LogP contribution is -2.40. The zero-order chi connectivity index (χ0) is 16.2. The minimum absolute atomic E-state index is 0.0709. The number of hydrogen-bond donors (Lipinski definition) is 1. The number of aryl methyl sites for hydroxylation is 1. The van der Waals surface area contributed by atoms with Crippen LogP contribution in [0.1, 0.15) is 31.5 Å². The van der Waals surface area contributed by atoms with Gasteiger partial charge in [-0.3, -0.25) is 9.53 Å². The summed E-state index contributed by atoms with van der Waals surface area (Å²) in [5, 5.41) is 4.71. The van der Waals surface area contributed by atoms with Crippen LogP contribution in [0.15, 0.2) is 0 Å². The molecule has 0 bridgehead atoms. The molecule has 1 rings (SSSR count). The molecule has 7 heteroatoms. The number of amides is 2. The first-order chi connectivity index (χ1) is 9.70. The van der Waals surface area contributed by atoms with Gasteiger partial charge in [-0.2, -0.15) is 0 Å². The fourth-order valence-electron chi connectivity index (χ4n) is 1.93. The van der Waals surface area contributed by atoms with Crippen molar-refractivity contribution in [3.05, 3.63) is 10.7 Å². The molecule has 0 fully saturated rings. The third-order valence-corrected chi connectivity index (χ3v) is 4.96. The van der Waals surface area contributed by atoms with Gasteiger partial charge < -0.3 is 4.90 Å². The maximum Gasteiger partial charge on any atom is 0.322 e. The van der Waals surface area contributed by atoms with Gasteiger partial charge in [-0.15, -0.1) is 11.3 Å².